The number of hydrogen-bond donors (Lipinski definition) is 3. The maximum absolute atomic E-state index is 12.5. The monoisotopic (exact) mass is 433 g/mol. The minimum Gasteiger partial charge on any atom is -0.497 e. The molecule has 6 nitrogen and oxygen atoms in total. The molecule has 0 bridgehead atoms. The fourth-order valence-electron chi connectivity index (χ4n) is 2.35. The summed E-state index contributed by atoms with van der Waals surface area (Å²) < 4.78 is 32.7. The van der Waals surface area contributed by atoms with Crippen molar-refractivity contribution in [3.8, 4) is 5.75 Å². The molecular formula is C19H19N3O3S3. The second-order valence-corrected chi connectivity index (χ2v) is 8.87. The Morgan fingerprint density at radius 1 is 1.04 bits per heavy atom. The largest absolute Gasteiger partial charge is 0.497 e. The number of thiocarbonyl (C=S) groups is 1. The van der Waals surface area contributed by atoms with Crippen LogP contribution >= 0.6 is 23.6 Å². The third-order valence-corrected chi connectivity index (χ3v) is 6.29. The van der Waals surface area contributed by atoms with Crippen LogP contribution in [-0.2, 0) is 16.6 Å². The predicted molar refractivity (Wildman–Crippen MR) is 118 cm³/mol. The Bertz CT molecular complexity index is 1020. The summed E-state index contributed by atoms with van der Waals surface area (Å²) in [5.41, 5.74) is 1.16. The molecule has 1 aromatic heterocycles. The van der Waals surface area contributed by atoms with Crippen molar-refractivity contribution < 1.29 is 13.2 Å². The van der Waals surface area contributed by atoms with E-state index >= 15 is 0 Å². The van der Waals surface area contributed by atoms with Gasteiger partial charge in [-0.25, -0.2) is 8.42 Å². The summed E-state index contributed by atoms with van der Waals surface area (Å²) in [6, 6.07) is 17.1. The van der Waals surface area contributed by atoms with Crippen LogP contribution in [0.5, 0.6) is 5.75 Å². The van der Waals surface area contributed by atoms with Gasteiger partial charge in [0.25, 0.3) is 10.0 Å². The Kier molecular flexibility index (Phi) is 6.50. The molecule has 0 aliphatic rings. The lowest BCUT2D eigenvalue weighted by molar-refractivity contribution is 0.415. The van der Waals surface area contributed by atoms with Gasteiger partial charge in [0.1, 0.15) is 5.75 Å². The Morgan fingerprint density at radius 3 is 2.32 bits per heavy atom. The van der Waals surface area contributed by atoms with E-state index in [0.717, 1.165) is 0 Å². The third kappa shape index (κ3) is 5.44. The highest BCUT2D eigenvalue weighted by Crippen LogP contribution is 2.20. The molecule has 0 saturated carbocycles. The van der Waals surface area contributed by atoms with Gasteiger partial charge in [0.05, 0.1) is 18.6 Å². The molecule has 0 radical (unpaired) electrons. The number of ether oxygens (including phenoxy) is 1. The zero-order valence-electron chi connectivity index (χ0n) is 15.0. The van der Waals surface area contributed by atoms with Crippen molar-refractivity contribution in [2.45, 2.75) is 11.4 Å². The highest BCUT2D eigenvalue weighted by atomic mass is 32.2. The van der Waals surface area contributed by atoms with Gasteiger partial charge in [0.2, 0.25) is 0 Å². The molecule has 3 aromatic rings. The summed E-state index contributed by atoms with van der Waals surface area (Å²) in [6.07, 6.45) is 0. The van der Waals surface area contributed by atoms with Crippen LogP contribution in [0.25, 0.3) is 0 Å². The van der Waals surface area contributed by atoms with E-state index in [1.807, 2.05) is 17.5 Å². The van der Waals surface area contributed by atoms with Gasteiger partial charge in [-0.1, -0.05) is 6.07 Å². The predicted octanol–water partition coefficient (Wildman–Crippen LogP) is 4.04. The first-order valence-corrected chi connectivity index (χ1v) is 11.1. The number of benzene rings is 2. The average Bonchev–Trinajstić information content (AvgIpc) is 3.21. The molecule has 0 saturated heterocycles. The van der Waals surface area contributed by atoms with Gasteiger partial charge < -0.3 is 15.4 Å². The summed E-state index contributed by atoms with van der Waals surface area (Å²) in [7, 11) is -2.13. The fraction of sp³-hybridized carbons (Fsp3) is 0.105. The molecule has 0 amide bonds. The zero-order chi connectivity index (χ0) is 20.0. The van der Waals surface area contributed by atoms with Gasteiger partial charge in [-0.15, -0.1) is 11.3 Å². The first kappa shape index (κ1) is 20.1. The van der Waals surface area contributed by atoms with Crippen molar-refractivity contribution in [3.05, 3.63) is 70.9 Å². The van der Waals surface area contributed by atoms with E-state index in [4.69, 9.17) is 17.0 Å². The van der Waals surface area contributed by atoms with Crippen molar-refractivity contribution in [3.63, 3.8) is 0 Å². The lowest BCUT2D eigenvalue weighted by Crippen LogP contribution is -2.27. The second kappa shape index (κ2) is 9.05. The molecule has 0 aliphatic heterocycles. The zero-order valence-corrected chi connectivity index (χ0v) is 17.5. The number of sulfonamides is 1. The number of thiophene rings is 1. The summed E-state index contributed by atoms with van der Waals surface area (Å²) in [5, 5.41) is 8.63. The molecule has 0 fully saturated rings. The molecule has 2 aromatic carbocycles. The number of rotatable bonds is 7. The van der Waals surface area contributed by atoms with Crippen LogP contribution in [0.2, 0.25) is 0 Å². The molecule has 0 spiro atoms. The van der Waals surface area contributed by atoms with E-state index in [1.54, 1.807) is 54.8 Å². The minimum atomic E-state index is -3.68. The Morgan fingerprint density at radius 2 is 1.71 bits per heavy atom. The molecule has 9 heteroatoms. The van der Waals surface area contributed by atoms with E-state index in [9.17, 15) is 8.42 Å². The molecule has 0 aliphatic carbocycles. The molecular weight excluding hydrogens is 414 g/mol. The quantitative estimate of drug-likeness (QED) is 0.488. The van der Waals surface area contributed by atoms with Crippen LogP contribution < -0.4 is 20.1 Å². The molecule has 146 valence electrons. The minimum absolute atomic E-state index is 0.159. The molecule has 1 heterocycles. The van der Waals surface area contributed by atoms with Gasteiger partial charge in [-0.3, -0.25) is 4.72 Å². The van der Waals surface area contributed by atoms with Crippen molar-refractivity contribution in [2.24, 2.45) is 0 Å². The van der Waals surface area contributed by atoms with Crippen LogP contribution in [0.15, 0.2) is 70.9 Å². The van der Waals surface area contributed by atoms with Crippen molar-refractivity contribution in [1.82, 2.24) is 5.32 Å². The number of anilines is 2. The van der Waals surface area contributed by atoms with Crippen molar-refractivity contribution >= 4 is 50.1 Å². The summed E-state index contributed by atoms with van der Waals surface area (Å²) in [4.78, 5) is 1.33. The standard InChI is InChI=1S/C19H19N3O3S3/c1-25-16-8-4-15(5-9-16)22-28(23,24)18-10-6-14(7-11-18)21-19(26)20-13-17-3-2-12-27-17/h2-12,22H,13H2,1H3,(H2,20,21,26). The Hall–Kier alpha value is -2.62. The lowest BCUT2D eigenvalue weighted by Gasteiger charge is -2.11. The third-order valence-electron chi connectivity index (χ3n) is 3.77. The Labute approximate surface area is 173 Å². The lowest BCUT2D eigenvalue weighted by atomic mass is 10.3. The van der Waals surface area contributed by atoms with E-state index in [2.05, 4.69) is 15.4 Å². The summed E-state index contributed by atoms with van der Waals surface area (Å²) in [5.74, 6) is 0.655. The summed E-state index contributed by atoms with van der Waals surface area (Å²) in [6.45, 7) is 0.641. The number of nitrogens with one attached hydrogen (secondary N) is 3. The smallest absolute Gasteiger partial charge is 0.261 e. The molecule has 0 atom stereocenters. The molecule has 28 heavy (non-hydrogen) atoms. The van der Waals surface area contributed by atoms with Crippen molar-refractivity contribution in [1.29, 1.82) is 0 Å². The van der Waals surface area contributed by atoms with Crippen LogP contribution in [0.1, 0.15) is 4.88 Å². The van der Waals surface area contributed by atoms with Crippen molar-refractivity contribution in [2.75, 3.05) is 17.1 Å². The van der Waals surface area contributed by atoms with E-state index in [-0.39, 0.29) is 4.90 Å². The molecule has 3 N–H and O–H groups in total. The normalized spacial score (nSPS) is 10.9. The first-order valence-electron chi connectivity index (χ1n) is 8.30. The van der Waals surface area contributed by atoms with Gasteiger partial charge in [-0.2, -0.15) is 0 Å². The van der Waals surface area contributed by atoms with Gasteiger partial charge >= 0.3 is 0 Å². The van der Waals surface area contributed by atoms with E-state index in [1.165, 1.54) is 17.0 Å². The maximum Gasteiger partial charge on any atom is 0.261 e. The highest BCUT2D eigenvalue weighted by molar-refractivity contribution is 7.92. The first-order chi connectivity index (χ1) is 13.5. The second-order valence-electron chi connectivity index (χ2n) is 5.75. The fourth-order valence-corrected chi connectivity index (χ4v) is 4.24. The van der Waals surface area contributed by atoms with E-state index < -0.39 is 10.0 Å². The van der Waals surface area contributed by atoms with Crippen LogP contribution in [0, 0.1) is 0 Å². The average molecular weight is 434 g/mol. The van der Waals surface area contributed by atoms with Gasteiger partial charge in [-0.05, 0) is 72.2 Å². The van der Waals surface area contributed by atoms with Crippen LogP contribution in [0.3, 0.4) is 0 Å². The Balaban J connectivity index is 1.59. The SMILES string of the molecule is COc1ccc(NS(=O)(=O)c2ccc(NC(=S)NCc3cccs3)cc2)cc1. The molecule has 0 unspecified atom stereocenters. The summed E-state index contributed by atoms with van der Waals surface area (Å²) >= 11 is 6.91. The number of methoxy groups -OCH3 is 1. The highest BCUT2D eigenvalue weighted by Gasteiger charge is 2.14. The van der Waals surface area contributed by atoms with Gasteiger partial charge in [0.15, 0.2) is 5.11 Å². The van der Waals surface area contributed by atoms with E-state index in [0.29, 0.717) is 28.8 Å². The van der Waals surface area contributed by atoms with Crippen LogP contribution in [0.4, 0.5) is 11.4 Å². The maximum atomic E-state index is 12.5. The topological polar surface area (TPSA) is 79.5 Å². The molecule has 3 rings (SSSR count). The number of hydrogen-bond acceptors (Lipinski definition) is 5. The van der Waals surface area contributed by atoms with Crippen LogP contribution in [-0.4, -0.2) is 20.6 Å². The van der Waals surface area contributed by atoms with Gasteiger partial charge in [0, 0.05) is 16.3 Å².